The van der Waals surface area contributed by atoms with Crippen LogP contribution >= 0.6 is 0 Å². The summed E-state index contributed by atoms with van der Waals surface area (Å²) in [4.78, 5) is 24.0. The monoisotopic (exact) mass is 285 g/mol. The summed E-state index contributed by atoms with van der Waals surface area (Å²) in [6, 6.07) is 10.9. The van der Waals surface area contributed by atoms with Crippen LogP contribution in [0.25, 0.3) is 5.65 Å². The fourth-order valence-corrected chi connectivity index (χ4v) is 2.12. The number of halogens is 1. The van der Waals surface area contributed by atoms with Crippen LogP contribution < -0.4 is 5.69 Å². The number of ketones is 1. The molecule has 0 fully saturated rings. The molecule has 3 rings (SSSR count). The summed E-state index contributed by atoms with van der Waals surface area (Å²) in [7, 11) is 0. The molecule has 5 nitrogen and oxygen atoms in total. The van der Waals surface area contributed by atoms with E-state index in [1.54, 1.807) is 36.5 Å². The molecule has 2 heterocycles. The van der Waals surface area contributed by atoms with Gasteiger partial charge in [0.1, 0.15) is 12.4 Å². The smallest absolute Gasteiger partial charge is 0.297 e. The van der Waals surface area contributed by atoms with Crippen LogP contribution in [0.5, 0.6) is 0 Å². The van der Waals surface area contributed by atoms with Crippen LogP contribution in [0, 0.1) is 5.82 Å². The van der Waals surface area contributed by atoms with Crippen LogP contribution in [-0.4, -0.2) is 20.0 Å². The van der Waals surface area contributed by atoms with Crippen LogP contribution in [0.1, 0.15) is 5.56 Å². The Kier molecular flexibility index (Phi) is 3.35. The van der Waals surface area contributed by atoms with E-state index >= 15 is 0 Å². The van der Waals surface area contributed by atoms with E-state index in [2.05, 4.69) is 5.10 Å². The Balaban J connectivity index is 1.78. The molecule has 0 aliphatic carbocycles. The maximum Gasteiger partial charge on any atom is 0.350 e. The number of benzene rings is 1. The second-order valence-corrected chi connectivity index (χ2v) is 4.71. The van der Waals surface area contributed by atoms with Crippen LogP contribution in [0.3, 0.4) is 0 Å². The highest BCUT2D eigenvalue weighted by Crippen LogP contribution is 2.04. The number of hydrogen-bond donors (Lipinski definition) is 0. The minimum absolute atomic E-state index is 0.0993. The first kappa shape index (κ1) is 13.2. The number of rotatable bonds is 4. The molecular weight excluding hydrogens is 273 g/mol. The lowest BCUT2D eigenvalue weighted by Crippen LogP contribution is -2.25. The third-order valence-electron chi connectivity index (χ3n) is 3.13. The summed E-state index contributed by atoms with van der Waals surface area (Å²) in [6.07, 6.45) is 1.74. The molecular formula is C15H12FN3O2. The van der Waals surface area contributed by atoms with Gasteiger partial charge in [-0.25, -0.2) is 13.9 Å². The number of hydrogen-bond acceptors (Lipinski definition) is 3. The zero-order valence-corrected chi connectivity index (χ0v) is 11.1. The van der Waals surface area contributed by atoms with Gasteiger partial charge in [0.05, 0.1) is 0 Å². The molecule has 0 saturated carbocycles. The third kappa shape index (κ3) is 2.74. The second kappa shape index (κ2) is 5.32. The highest BCUT2D eigenvalue weighted by Gasteiger charge is 2.11. The van der Waals surface area contributed by atoms with Crippen molar-refractivity contribution in [3.63, 3.8) is 0 Å². The van der Waals surface area contributed by atoms with Gasteiger partial charge in [-0.3, -0.25) is 9.20 Å². The summed E-state index contributed by atoms with van der Waals surface area (Å²) in [5.74, 6) is -0.505. The van der Waals surface area contributed by atoms with Crippen molar-refractivity contribution in [1.82, 2.24) is 14.2 Å². The number of fused-ring (bicyclic) bond motifs is 1. The van der Waals surface area contributed by atoms with Gasteiger partial charge >= 0.3 is 5.69 Å². The van der Waals surface area contributed by atoms with Crippen molar-refractivity contribution < 1.29 is 9.18 Å². The van der Waals surface area contributed by atoms with Crippen molar-refractivity contribution in [2.75, 3.05) is 0 Å². The number of carbonyl (C=O) groups excluding carboxylic acids is 1. The number of nitrogens with zero attached hydrogens (tertiary/aromatic N) is 3. The molecule has 3 aromatic rings. The maximum absolute atomic E-state index is 12.8. The minimum Gasteiger partial charge on any atom is -0.297 e. The largest absolute Gasteiger partial charge is 0.350 e. The van der Waals surface area contributed by atoms with E-state index in [9.17, 15) is 14.0 Å². The molecule has 0 aliphatic rings. The van der Waals surface area contributed by atoms with Crippen molar-refractivity contribution in [2.24, 2.45) is 0 Å². The van der Waals surface area contributed by atoms with Crippen molar-refractivity contribution >= 4 is 11.4 Å². The Morgan fingerprint density at radius 2 is 1.90 bits per heavy atom. The van der Waals surface area contributed by atoms with Gasteiger partial charge in [-0.1, -0.05) is 18.2 Å². The average Bonchev–Trinajstić information content (AvgIpc) is 2.78. The molecule has 0 spiro atoms. The lowest BCUT2D eigenvalue weighted by atomic mass is 10.1. The number of carbonyl (C=O) groups is 1. The molecule has 0 aliphatic heterocycles. The van der Waals surface area contributed by atoms with E-state index in [4.69, 9.17) is 0 Å². The quantitative estimate of drug-likeness (QED) is 0.729. The zero-order chi connectivity index (χ0) is 14.8. The molecule has 1 aromatic carbocycles. The molecule has 106 valence electrons. The highest BCUT2D eigenvalue weighted by molar-refractivity contribution is 5.80. The Hall–Kier alpha value is -2.76. The molecule has 0 bridgehead atoms. The van der Waals surface area contributed by atoms with Gasteiger partial charge < -0.3 is 0 Å². The third-order valence-corrected chi connectivity index (χ3v) is 3.13. The summed E-state index contributed by atoms with van der Waals surface area (Å²) < 4.78 is 15.3. The minimum atomic E-state index is -0.349. The zero-order valence-electron chi connectivity index (χ0n) is 11.1. The van der Waals surface area contributed by atoms with Gasteiger partial charge in [0.25, 0.3) is 0 Å². The highest BCUT2D eigenvalue weighted by atomic mass is 19.1. The summed E-state index contributed by atoms with van der Waals surface area (Å²) in [5, 5.41) is 4.09. The first-order chi connectivity index (χ1) is 10.1. The van der Waals surface area contributed by atoms with Gasteiger partial charge in [0, 0.05) is 12.6 Å². The maximum atomic E-state index is 12.8. The normalized spacial score (nSPS) is 10.9. The molecule has 0 radical (unpaired) electrons. The van der Waals surface area contributed by atoms with Crippen LogP contribution in [0.2, 0.25) is 0 Å². The Bertz CT molecular complexity index is 849. The topological polar surface area (TPSA) is 56.4 Å². The SMILES string of the molecule is O=C(Cc1ccc(F)cc1)Cn1nc2ccccn2c1=O. The summed E-state index contributed by atoms with van der Waals surface area (Å²) >= 11 is 0. The van der Waals surface area contributed by atoms with Gasteiger partial charge in [-0.15, -0.1) is 5.10 Å². The van der Waals surface area contributed by atoms with Crippen LogP contribution in [0.4, 0.5) is 4.39 Å². The van der Waals surface area contributed by atoms with Gasteiger partial charge in [0.15, 0.2) is 11.4 Å². The van der Waals surface area contributed by atoms with Crippen molar-refractivity contribution in [1.29, 1.82) is 0 Å². The molecule has 0 saturated heterocycles. The van der Waals surface area contributed by atoms with Crippen molar-refractivity contribution in [2.45, 2.75) is 13.0 Å². The van der Waals surface area contributed by atoms with Gasteiger partial charge in [-0.05, 0) is 29.8 Å². The van der Waals surface area contributed by atoms with Crippen molar-refractivity contribution in [3.8, 4) is 0 Å². The van der Waals surface area contributed by atoms with Gasteiger partial charge in [0.2, 0.25) is 0 Å². The lowest BCUT2D eigenvalue weighted by molar-refractivity contribution is -0.119. The predicted octanol–water partition coefficient (Wildman–Crippen LogP) is 1.45. The van der Waals surface area contributed by atoms with E-state index in [-0.39, 0.29) is 30.3 Å². The Labute approximate surface area is 119 Å². The van der Waals surface area contributed by atoms with Gasteiger partial charge in [-0.2, -0.15) is 0 Å². The molecule has 2 aromatic heterocycles. The fourth-order valence-electron chi connectivity index (χ4n) is 2.12. The molecule has 21 heavy (non-hydrogen) atoms. The lowest BCUT2D eigenvalue weighted by Gasteiger charge is -2.00. The number of Topliss-reactive ketones (excluding diaryl/α,β-unsaturated/α-hetero) is 1. The van der Waals surface area contributed by atoms with Crippen molar-refractivity contribution in [3.05, 3.63) is 70.5 Å². The first-order valence-corrected chi connectivity index (χ1v) is 6.44. The molecule has 0 unspecified atom stereocenters. The predicted molar refractivity (Wildman–Crippen MR) is 74.6 cm³/mol. The van der Waals surface area contributed by atoms with E-state index in [0.717, 1.165) is 4.68 Å². The number of pyridine rings is 1. The first-order valence-electron chi connectivity index (χ1n) is 6.44. The molecule has 0 N–H and O–H groups in total. The molecule has 6 heteroatoms. The Morgan fingerprint density at radius 3 is 2.62 bits per heavy atom. The van der Waals surface area contributed by atoms with E-state index in [0.29, 0.717) is 11.2 Å². The Morgan fingerprint density at radius 1 is 1.14 bits per heavy atom. The molecule has 0 amide bonds. The average molecular weight is 285 g/mol. The summed E-state index contributed by atoms with van der Waals surface area (Å²) in [6.45, 7) is -0.0993. The second-order valence-electron chi connectivity index (χ2n) is 4.71. The van der Waals surface area contributed by atoms with Crippen LogP contribution in [-0.2, 0) is 17.8 Å². The van der Waals surface area contributed by atoms with E-state index in [1.165, 1.54) is 16.5 Å². The van der Waals surface area contributed by atoms with E-state index in [1.807, 2.05) is 0 Å². The van der Waals surface area contributed by atoms with Crippen LogP contribution in [0.15, 0.2) is 53.5 Å². The fraction of sp³-hybridized carbons (Fsp3) is 0.133. The molecule has 0 atom stereocenters. The van der Waals surface area contributed by atoms with E-state index < -0.39 is 0 Å². The standard InChI is InChI=1S/C15H12FN3O2/c16-12-6-4-11(5-7-12)9-13(20)10-19-15(21)18-8-2-1-3-14(18)17-19/h1-8H,9-10H2. The summed E-state index contributed by atoms with van der Waals surface area (Å²) in [5.41, 5.74) is 0.855. The number of aromatic nitrogens is 3.